The highest BCUT2D eigenvalue weighted by atomic mass is 35.5. The van der Waals surface area contributed by atoms with Gasteiger partial charge in [-0.05, 0) is 95.0 Å². The lowest BCUT2D eigenvalue weighted by Gasteiger charge is -2.29. The molecular formula is C18H29ClN2. The number of aryl methyl sites for hydroxylation is 1. The second kappa shape index (κ2) is 8.77. The monoisotopic (exact) mass is 308 g/mol. The molecule has 1 aromatic rings. The summed E-state index contributed by atoms with van der Waals surface area (Å²) in [4.78, 5) is 2.63. The van der Waals surface area contributed by atoms with Crippen molar-refractivity contribution in [2.24, 2.45) is 0 Å². The normalized spacial score (nSPS) is 17.9. The van der Waals surface area contributed by atoms with Gasteiger partial charge in [0.05, 0.1) is 0 Å². The fourth-order valence-corrected chi connectivity index (χ4v) is 3.53. The fourth-order valence-electron chi connectivity index (χ4n) is 3.35. The minimum atomic E-state index is 0.609. The Kier molecular flexibility index (Phi) is 7.01. The summed E-state index contributed by atoms with van der Waals surface area (Å²) in [5.41, 5.74) is 2.81. The van der Waals surface area contributed by atoms with Crippen molar-refractivity contribution in [2.45, 2.75) is 44.9 Å². The third-order valence-electron chi connectivity index (χ3n) is 4.67. The van der Waals surface area contributed by atoms with Crippen LogP contribution in [0.1, 0.15) is 49.1 Å². The SMILES string of the molecule is CNCC[C@H](CCN1CCCCC1)c1cc(Cl)ccc1C. The third-order valence-corrected chi connectivity index (χ3v) is 4.90. The number of piperidine rings is 1. The van der Waals surface area contributed by atoms with Gasteiger partial charge in [-0.2, -0.15) is 0 Å². The summed E-state index contributed by atoms with van der Waals surface area (Å²) in [7, 11) is 2.03. The van der Waals surface area contributed by atoms with E-state index in [0.717, 1.165) is 11.6 Å². The van der Waals surface area contributed by atoms with Gasteiger partial charge in [-0.15, -0.1) is 0 Å². The lowest BCUT2D eigenvalue weighted by atomic mass is 9.89. The molecule has 1 fully saturated rings. The van der Waals surface area contributed by atoms with Gasteiger partial charge in [-0.3, -0.25) is 0 Å². The smallest absolute Gasteiger partial charge is 0.0409 e. The van der Waals surface area contributed by atoms with Crippen molar-refractivity contribution < 1.29 is 0 Å². The predicted octanol–water partition coefficient (Wildman–Crippen LogP) is 4.22. The van der Waals surface area contributed by atoms with Crippen molar-refractivity contribution in [3.63, 3.8) is 0 Å². The van der Waals surface area contributed by atoms with Gasteiger partial charge in [-0.25, -0.2) is 0 Å². The first-order valence-corrected chi connectivity index (χ1v) is 8.71. The summed E-state index contributed by atoms with van der Waals surface area (Å²) in [6.07, 6.45) is 6.58. The van der Waals surface area contributed by atoms with Crippen LogP contribution in [0.25, 0.3) is 0 Å². The maximum absolute atomic E-state index is 6.22. The van der Waals surface area contributed by atoms with Gasteiger partial charge in [0, 0.05) is 5.02 Å². The second-order valence-electron chi connectivity index (χ2n) is 6.28. The van der Waals surface area contributed by atoms with E-state index in [4.69, 9.17) is 11.6 Å². The number of rotatable bonds is 7. The average Bonchev–Trinajstić information content (AvgIpc) is 2.51. The number of halogens is 1. The molecule has 1 aromatic carbocycles. The van der Waals surface area contributed by atoms with Gasteiger partial charge < -0.3 is 10.2 Å². The minimum Gasteiger partial charge on any atom is -0.320 e. The van der Waals surface area contributed by atoms with Crippen LogP contribution in [0.15, 0.2) is 18.2 Å². The summed E-state index contributed by atoms with van der Waals surface area (Å²) in [5, 5.41) is 4.16. The fraction of sp³-hybridized carbons (Fsp3) is 0.667. The van der Waals surface area contributed by atoms with Gasteiger partial charge in [0.1, 0.15) is 0 Å². The molecule has 1 N–H and O–H groups in total. The van der Waals surface area contributed by atoms with E-state index < -0.39 is 0 Å². The Bertz CT molecular complexity index is 427. The Hall–Kier alpha value is -0.570. The molecule has 0 unspecified atom stereocenters. The molecule has 0 radical (unpaired) electrons. The van der Waals surface area contributed by atoms with Crippen molar-refractivity contribution in [1.82, 2.24) is 10.2 Å². The number of hydrogen-bond acceptors (Lipinski definition) is 2. The Morgan fingerprint density at radius 1 is 1.19 bits per heavy atom. The molecule has 118 valence electrons. The van der Waals surface area contributed by atoms with Gasteiger partial charge in [-0.1, -0.05) is 24.1 Å². The van der Waals surface area contributed by atoms with Crippen LogP contribution < -0.4 is 5.32 Å². The molecule has 0 spiro atoms. The van der Waals surface area contributed by atoms with Crippen LogP contribution in [-0.4, -0.2) is 38.1 Å². The Labute approximate surface area is 134 Å². The van der Waals surface area contributed by atoms with E-state index in [2.05, 4.69) is 29.3 Å². The zero-order chi connectivity index (χ0) is 15.1. The van der Waals surface area contributed by atoms with E-state index in [1.54, 1.807) is 0 Å². The summed E-state index contributed by atoms with van der Waals surface area (Å²) in [6, 6.07) is 6.33. The molecule has 2 rings (SSSR count). The Balaban J connectivity index is 2.00. The quantitative estimate of drug-likeness (QED) is 0.811. The molecule has 0 amide bonds. The molecule has 1 atom stereocenters. The van der Waals surface area contributed by atoms with Crippen molar-refractivity contribution in [3.8, 4) is 0 Å². The first kappa shape index (κ1) is 16.8. The number of benzene rings is 1. The molecule has 0 aliphatic carbocycles. The molecule has 0 saturated carbocycles. The van der Waals surface area contributed by atoms with Crippen molar-refractivity contribution >= 4 is 11.6 Å². The van der Waals surface area contributed by atoms with E-state index in [-0.39, 0.29) is 0 Å². The van der Waals surface area contributed by atoms with Crippen LogP contribution in [0.2, 0.25) is 5.02 Å². The molecule has 1 aliphatic heterocycles. The van der Waals surface area contributed by atoms with Gasteiger partial charge >= 0.3 is 0 Å². The first-order chi connectivity index (χ1) is 10.2. The largest absolute Gasteiger partial charge is 0.320 e. The van der Waals surface area contributed by atoms with Crippen LogP contribution in [-0.2, 0) is 0 Å². The molecular weight excluding hydrogens is 280 g/mol. The van der Waals surface area contributed by atoms with Crippen LogP contribution in [0, 0.1) is 6.92 Å². The maximum Gasteiger partial charge on any atom is 0.0409 e. The summed E-state index contributed by atoms with van der Waals surface area (Å²) in [5.74, 6) is 0.609. The van der Waals surface area contributed by atoms with Gasteiger partial charge in [0.15, 0.2) is 0 Å². The minimum absolute atomic E-state index is 0.609. The average molecular weight is 309 g/mol. The van der Waals surface area contributed by atoms with Crippen LogP contribution in [0.4, 0.5) is 0 Å². The van der Waals surface area contributed by atoms with Gasteiger partial charge in [0.2, 0.25) is 0 Å². The topological polar surface area (TPSA) is 15.3 Å². The van der Waals surface area contributed by atoms with E-state index in [9.17, 15) is 0 Å². The summed E-state index contributed by atoms with van der Waals surface area (Å²) < 4.78 is 0. The van der Waals surface area contributed by atoms with Crippen molar-refractivity contribution in [3.05, 3.63) is 34.3 Å². The second-order valence-corrected chi connectivity index (χ2v) is 6.72. The highest BCUT2D eigenvalue weighted by Crippen LogP contribution is 2.29. The molecule has 1 heterocycles. The predicted molar refractivity (Wildman–Crippen MR) is 92.4 cm³/mol. The lowest BCUT2D eigenvalue weighted by molar-refractivity contribution is 0.219. The van der Waals surface area contributed by atoms with Crippen LogP contribution in [0.3, 0.4) is 0 Å². The van der Waals surface area contributed by atoms with E-state index in [1.807, 2.05) is 13.1 Å². The third kappa shape index (κ3) is 5.28. The highest BCUT2D eigenvalue weighted by Gasteiger charge is 2.17. The standard InChI is InChI=1S/C18H29ClN2/c1-15-6-7-17(19)14-18(15)16(8-10-20-2)9-13-21-11-4-3-5-12-21/h6-7,14,16,20H,3-5,8-13H2,1-2H3/t16-/m1/s1. The summed E-state index contributed by atoms with van der Waals surface area (Å²) >= 11 is 6.22. The molecule has 0 aromatic heterocycles. The van der Waals surface area contributed by atoms with E-state index in [1.165, 1.54) is 62.9 Å². The zero-order valence-electron chi connectivity index (χ0n) is 13.5. The number of nitrogens with one attached hydrogen (secondary N) is 1. The first-order valence-electron chi connectivity index (χ1n) is 8.33. The molecule has 0 bridgehead atoms. The zero-order valence-corrected chi connectivity index (χ0v) is 14.3. The number of hydrogen-bond donors (Lipinski definition) is 1. The highest BCUT2D eigenvalue weighted by molar-refractivity contribution is 6.30. The van der Waals surface area contributed by atoms with Crippen LogP contribution >= 0.6 is 11.6 Å². The Morgan fingerprint density at radius 2 is 1.95 bits per heavy atom. The van der Waals surface area contributed by atoms with E-state index in [0.29, 0.717) is 5.92 Å². The van der Waals surface area contributed by atoms with Crippen molar-refractivity contribution in [2.75, 3.05) is 33.2 Å². The maximum atomic E-state index is 6.22. The van der Waals surface area contributed by atoms with Crippen molar-refractivity contribution in [1.29, 1.82) is 0 Å². The van der Waals surface area contributed by atoms with Crippen LogP contribution in [0.5, 0.6) is 0 Å². The molecule has 3 heteroatoms. The molecule has 1 aliphatic rings. The summed E-state index contributed by atoms with van der Waals surface area (Å²) in [6.45, 7) is 7.07. The molecule has 1 saturated heterocycles. The number of likely N-dealkylation sites (tertiary alicyclic amines) is 1. The van der Waals surface area contributed by atoms with E-state index >= 15 is 0 Å². The van der Waals surface area contributed by atoms with Gasteiger partial charge in [0.25, 0.3) is 0 Å². The number of nitrogens with zero attached hydrogens (tertiary/aromatic N) is 1. The Morgan fingerprint density at radius 3 is 2.67 bits per heavy atom. The lowest BCUT2D eigenvalue weighted by Crippen LogP contribution is -2.31. The molecule has 21 heavy (non-hydrogen) atoms. The molecule has 2 nitrogen and oxygen atoms in total.